The lowest BCUT2D eigenvalue weighted by molar-refractivity contribution is -0.112. The van der Waals surface area contributed by atoms with Gasteiger partial charge in [0.2, 0.25) is 11.8 Å². The first-order chi connectivity index (χ1) is 26.5. The predicted molar refractivity (Wildman–Crippen MR) is 223 cm³/mol. The summed E-state index contributed by atoms with van der Waals surface area (Å²) in [4.78, 5) is 29.0. The zero-order valence-corrected chi connectivity index (χ0v) is 34.6. The Bertz CT molecular complexity index is 1940. The van der Waals surface area contributed by atoms with E-state index in [1.807, 2.05) is 88.9 Å². The summed E-state index contributed by atoms with van der Waals surface area (Å²) >= 11 is 3.57. The summed E-state index contributed by atoms with van der Waals surface area (Å²) in [5.41, 5.74) is 7.04. The van der Waals surface area contributed by atoms with E-state index >= 15 is 0 Å². The Morgan fingerprint density at radius 3 is 1.64 bits per heavy atom. The lowest BCUT2D eigenvalue weighted by Crippen LogP contribution is -2.25. The van der Waals surface area contributed by atoms with Gasteiger partial charge in [-0.1, -0.05) is 11.1 Å². The second-order valence-corrected chi connectivity index (χ2v) is 15.3. The molecule has 2 aliphatic rings. The van der Waals surface area contributed by atoms with Crippen molar-refractivity contribution in [3.63, 3.8) is 0 Å². The fourth-order valence-electron chi connectivity index (χ4n) is 6.67. The minimum absolute atomic E-state index is 0.131. The molecule has 55 heavy (non-hydrogen) atoms. The van der Waals surface area contributed by atoms with Crippen LogP contribution in [0, 0.1) is 0 Å². The van der Waals surface area contributed by atoms with Crippen molar-refractivity contribution in [2.45, 2.75) is 53.4 Å². The maximum absolute atomic E-state index is 12.1. The van der Waals surface area contributed by atoms with Gasteiger partial charge in [-0.3, -0.25) is 28.8 Å². The zero-order valence-electron chi connectivity index (χ0n) is 33.0. The predicted octanol–water partition coefficient (Wildman–Crippen LogP) is 7.70. The first kappa shape index (κ1) is 41.4. The molecule has 0 bridgehead atoms. The molecule has 6 rings (SSSR count). The van der Waals surface area contributed by atoms with Crippen molar-refractivity contribution < 1.29 is 19.1 Å². The third-order valence-corrected chi connectivity index (χ3v) is 9.89. The lowest BCUT2D eigenvalue weighted by atomic mass is 10.1. The summed E-state index contributed by atoms with van der Waals surface area (Å²) in [6, 6.07) is 13.4. The molecule has 4 aromatic rings. The van der Waals surface area contributed by atoms with Gasteiger partial charge in [-0.2, -0.15) is 10.2 Å². The number of carbonyl (C=O) groups is 2. The van der Waals surface area contributed by atoms with Crippen LogP contribution in [-0.4, -0.2) is 93.7 Å². The van der Waals surface area contributed by atoms with Crippen LogP contribution < -0.4 is 20.1 Å². The number of hydrogen-bond donors (Lipinski definition) is 2. The molecule has 0 spiro atoms. The highest BCUT2D eigenvalue weighted by molar-refractivity contribution is 9.10. The number of carbonyl (C=O) groups excluding carboxylic acids is 2. The number of amides is 2. The molecule has 0 unspecified atom stereocenters. The number of likely N-dealkylation sites (tertiary alicyclic amines) is 2. The first-order valence-electron chi connectivity index (χ1n) is 19.0. The maximum atomic E-state index is 12.1. The van der Waals surface area contributed by atoms with Crippen molar-refractivity contribution in [1.82, 2.24) is 29.4 Å². The molecule has 2 N–H and O–H groups in total. The van der Waals surface area contributed by atoms with Crippen molar-refractivity contribution in [3.05, 3.63) is 82.6 Å². The van der Waals surface area contributed by atoms with E-state index in [-0.39, 0.29) is 11.8 Å². The average molecular weight is 816 g/mol. The van der Waals surface area contributed by atoms with E-state index in [0.29, 0.717) is 13.2 Å². The Hall–Kier alpha value is -4.72. The molecule has 2 amide bonds. The van der Waals surface area contributed by atoms with Gasteiger partial charge in [0.05, 0.1) is 22.1 Å². The van der Waals surface area contributed by atoms with Crippen molar-refractivity contribution >= 4 is 39.1 Å². The number of aromatic nitrogens is 4. The van der Waals surface area contributed by atoms with Crippen molar-refractivity contribution in [1.29, 1.82) is 0 Å². The molecule has 294 valence electrons. The van der Waals surface area contributed by atoms with Gasteiger partial charge in [0.1, 0.15) is 24.7 Å². The largest absolute Gasteiger partial charge is 0.492 e. The van der Waals surface area contributed by atoms with Crippen LogP contribution in [0.4, 0.5) is 11.4 Å². The van der Waals surface area contributed by atoms with E-state index in [0.717, 1.165) is 100 Å². The maximum Gasteiger partial charge on any atom is 0.248 e. The standard InChI is InChI=1S/C21H27BrN4O2.C21H28N4O2/c1-15(2)12-20(27)24-16-6-7-19(28-11-10-26-8-4-5-9-26)17(13-16)21-18(22)14-23-25(21)3;1-16(2)14-21(26)23-17-6-7-20(27-13-12-25-10-4-5-11-25)18(15-17)19-8-9-22-24(19)3/h6-7,12-14H,4-5,8-11H2,1-3H3,(H,24,27);6-9,14-15H,4-5,10-13H2,1-3H3,(H,23,26). The van der Waals surface area contributed by atoms with Gasteiger partial charge in [0.25, 0.3) is 0 Å². The van der Waals surface area contributed by atoms with Crippen LogP contribution >= 0.6 is 15.9 Å². The van der Waals surface area contributed by atoms with E-state index in [1.54, 1.807) is 29.2 Å². The van der Waals surface area contributed by atoms with Crippen LogP contribution in [0.1, 0.15) is 53.4 Å². The van der Waals surface area contributed by atoms with E-state index in [2.05, 4.69) is 46.6 Å². The molecule has 13 heteroatoms. The lowest BCUT2D eigenvalue weighted by Gasteiger charge is -2.17. The first-order valence-corrected chi connectivity index (χ1v) is 19.8. The average Bonchev–Trinajstić information content (AvgIpc) is 3.96. The Balaban J connectivity index is 0.000000211. The molecule has 2 aliphatic heterocycles. The topological polar surface area (TPSA) is 119 Å². The van der Waals surface area contributed by atoms with Crippen LogP contribution in [-0.2, 0) is 23.7 Å². The number of halogens is 1. The van der Waals surface area contributed by atoms with E-state index in [1.165, 1.54) is 25.7 Å². The van der Waals surface area contributed by atoms with Crippen LogP contribution in [0.15, 0.2) is 82.6 Å². The van der Waals surface area contributed by atoms with Crippen molar-refractivity contribution in [2.75, 3.05) is 63.1 Å². The molecule has 4 heterocycles. The quantitative estimate of drug-likeness (QED) is 0.125. The van der Waals surface area contributed by atoms with Gasteiger partial charge < -0.3 is 20.1 Å². The van der Waals surface area contributed by atoms with Gasteiger partial charge in [-0.25, -0.2) is 0 Å². The summed E-state index contributed by atoms with van der Waals surface area (Å²) in [7, 11) is 3.79. The van der Waals surface area contributed by atoms with Gasteiger partial charge in [0, 0.05) is 68.0 Å². The van der Waals surface area contributed by atoms with Crippen LogP contribution in [0.3, 0.4) is 0 Å². The molecule has 0 radical (unpaired) electrons. The highest BCUT2D eigenvalue weighted by atomic mass is 79.9. The number of benzene rings is 2. The summed E-state index contributed by atoms with van der Waals surface area (Å²) in [5.74, 6) is 1.31. The third-order valence-electron chi connectivity index (χ3n) is 9.31. The summed E-state index contributed by atoms with van der Waals surface area (Å²) in [5, 5.41) is 14.4. The van der Waals surface area contributed by atoms with Crippen molar-refractivity contribution in [3.8, 4) is 34.0 Å². The number of nitrogens with one attached hydrogen (secondary N) is 2. The molecular weight excluding hydrogens is 760 g/mol. The highest BCUT2D eigenvalue weighted by Gasteiger charge is 2.18. The third kappa shape index (κ3) is 12.4. The minimum Gasteiger partial charge on any atom is -0.492 e. The van der Waals surface area contributed by atoms with Gasteiger partial charge in [0.15, 0.2) is 0 Å². The number of aryl methyl sites for hydroxylation is 2. The van der Waals surface area contributed by atoms with Gasteiger partial charge in [-0.05, 0) is 138 Å². The van der Waals surface area contributed by atoms with Crippen molar-refractivity contribution in [2.24, 2.45) is 14.1 Å². The molecule has 0 saturated carbocycles. The minimum atomic E-state index is -0.141. The highest BCUT2D eigenvalue weighted by Crippen LogP contribution is 2.37. The Morgan fingerprint density at radius 2 is 1.20 bits per heavy atom. The second-order valence-electron chi connectivity index (χ2n) is 14.4. The van der Waals surface area contributed by atoms with Crippen LogP contribution in [0.25, 0.3) is 22.5 Å². The second kappa shape index (κ2) is 20.3. The Labute approximate surface area is 333 Å². The van der Waals surface area contributed by atoms with E-state index in [9.17, 15) is 9.59 Å². The van der Waals surface area contributed by atoms with E-state index in [4.69, 9.17) is 9.47 Å². The summed E-state index contributed by atoms with van der Waals surface area (Å²) in [6.07, 6.45) is 11.8. The fourth-order valence-corrected chi connectivity index (χ4v) is 7.23. The van der Waals surface area contributed by atoms with Crippen LogP contribution in [0.5, 0.6) is 11.5 Å². The zero-order chi connectivity index (χ0) is 39.3. The number of nitrogens with zero attached hydrogens (tertiary/aromatic N) is 6. The van der Waals surface area contributed by atoms with E-state index < -0.39 is 0 Å². The molecule has 12 nitrogen and oxygen atoms in total. The Kier molecular flexibility index (Phi) is 15.3. The molecular formula is C42H55BrN8O4. The Morgan fingerprint density at radius 1 is 0.709 bits per heavy atom. The molecule has 2 aromatic heterocycles. The number of rotatable bonds is 14. The number of ether oxygens (including phenoxy) is 2. The van der Waals surface area contributed by atoms with Gasteiger partial charge in [-0.15, -0.1) is 0 Å². The summed E-state index contributed by atoms with van der Waals surface area (Å²) in [6.45, 7) is 15.4. The number of allylic oxidation sites excluding steroid dienone is 2. The molecule has 0 atom stereocenters. The molecule has 2 fully saturated rings. The fraction of sp³-hybridized carbons (Fsp3) is 0.429. The molecule has 0 aliphatic carbocycles. The summed E-state index contributed by atoms with van der Waals surface area (Å²) < 4.78 is 16.7. The normalized spacial score (nSPS) is 14.2. The number of anilines is 2. The molecule has 2 saturated heterocycles. The molecule has 2 aromatic carbocycles. The SMILES string of the molecule is CC(C)=CC(=O)Nc1ccc(OCCN2CCCC2)c(-c2c(Br)cnn2C)c1.CC(C)=CC(=O)Nc1ccc(OCCN2CCCC2)c(-c2ccnn2C)c1. The van der Waals surface area contributed by atoms with Crippen LogP contribution in [0.2, 0.25) is 0 Å². The monoisotopic (exact) mass is 814 g/mol. The number of hydrogen-bond acceptors (Lipinski definition) is 8. The smallest absolute Gasteiger partial charge is 0.248 e. The van der Waals surface area contributed by atoms with Gasteiger partial charge >= 0.3 is 0 Å².